The Morgan fingerprint density at radius 2 is 2.15 bits per heavy atom. The summed E-state index contributed by atoms with van der Waals surface area (Å²) in [5.41, 5.74) is 2.93. The van der Waals surface area contributed by atoms with Crippen molar-refractivity contribution in [1.29, 1.82) is 0 Å². The van der Waals surface area contributed by atoms with E-state index < -0.39 is 10.0 Å². The molecule has 1 saturated carbocycles. The van der Waals surface area contributed by atoms with E-state index in [4.69, 9.17) is 0 Å². The highest BCUT2D eigenvalue weighted by Crippen LogP contribution is 2.34. The zero-order chi connectivity index (χ0) is 14.2. The van der Waals surface area contributed by atoms with Crippen LogP contribution in [0.3, 0.4) is 0 Å². The van der Waals surface area contributed by atoms with Crippen molar-refractivity contribution in [3.63, 3.8) is 0 Å². The van der Waals surface area contributed by atoms with Crippen molar-refractivity contribution in [3.8, 4) is 0 Å². The summed E-state index contributed by atoms with van der Waals surface area (Å²) in [5.74, 6) is 0. The monoisotopic (exact) mass is 299 g/mol. The van der Waals surface area contributed by atoms with Gasteiger partial charge in [0.25, 0.3) is 10.0 Å². The Kier molecular flexibility index (Phi) is 3.80. The highest BCUT2D eigenvalue weighted by molar-refractivity contribution is 7.89. The molecule has 2 fully saturated rings. The molecule has 0 radical (unpaired) electrons. The molecule has 8 heteroatoms. The number of likely N-dealkylation sites (N-methyl/N-ethyl adjacent to an activating group) is 1. The molecular formula is C12H21N5O2S. The quantitative estimate of drug-likeness (QED) is 0.754. The van der Waals surface area contributed by atoms with E-state index in [9.17, 15) is 8.42 Å². The number of hydrogen-bond donors (Lipinski definition) is 2. The summed E-state index contributed by atoms with van der Waals surface area (Å²) in [4.78, 5) is 4.90. The van der Waals surface area contributed by atoms with Gasteiger partial charge in [-0.3, -0.25) is 4.68 Å². The molecule has 2 heterocycles. The predicted octanol–water partition coefficient (Wildman–Crippen LogP) is 0.0951. The van der Waals surface area contributed by atoms with E-state index in [1.54, 1.807) is 10.9 Å². The molecule has 0 amide bonds. The second kappa shape index (κ2) is 5.44. The molecule has 1 aliphatic heterocycles. The molecule has 3 rings (SSSR count). The van der Waals surface area contributed by atoms with Gasteiger partial charge in [-0.25, -0.2) is 13.8 Å². The standard InChI is InChI=1S/C12H21N5O2S/c1-16-6-2-3-10(8-16)14-15-20(18,19)12-7-13-17(9-12)11-4-5-11/h7,9-11,14-15H,2-6,8H2,1H3. The number of rotatable bonds is 5. The lowest BCUT2D eigenvalue weighted by atomic mass is 10.1. The fraction of sp³-hybridized carbons (Fsp3) is 0.750. The summed E-state index contributed by atoms with van der Waals surface area (Å²) in [7, 11) is -1.48. The molecule has 1 aromatic rings. The first-order chi connectivity index (χ1) is 9.54. The summed E-state index contributed by atoms with van der Waals surface area (Å²) < 4.78 is 26.1. The number of nitrogens with one attached hydrogen (secondary N) is 2. The van der Waals surface area contributed by atoms with Crippen LogP contribution in [0.5, 0.6) is 0 Å². The predicted molar refractivity (Wildman–Crippen MR) is 74.5 cm³/mol. The lowest BCUT2D eigenvalue weighted by Gasteiger charge is -2.30. The van der Waals surface area contributed by atoms with Gasteiger partial charge in [0.05, 0.1) is 12.2 Å². The van der Waals surface area contributed by atoms with E-state index in [1.807, 2.05) is 7.05 Å². The second-order valence-corrected chi connectivity index (χ2v) is 7.42. The van der Waals surface area contributed by atoms with Gasteiger partial charge in [-0.1, -0.05) is 0 Å². The Morgan fingerprint density at radius 1 is 1.35 bits per heavy atom. The molecule has 1 atom stereocenters. The minimum atomic E-state index is -3.53. The third-order valence-electron chi connectivity index (χ3n) is 3.83. The first kappa shape index (κ1) is 14.0. The third-order valence-corrected chi connectivity index (χ3v) is 5.05. The third kappa shape index (κ3) is 3.20. The fourth-order valence-electron chi connectivity index (χ4n) is 2.50. The van der Waals surface area contributed by atoms with Gasteiger partial charge in [-0.15, -0.1) is 4.83 Å². The first-order valence-electron chi connectivity index (χ1n) is 7.04. The molecule has 0 aromatic carbocycles. The SMILES string of the molecule is CN1CCCC(NNS(=O)(=O)c2cnn(C3CC3)c2)C1. The number of hydrazine groups is 1. The summed E-state index contributed by atoms with van der Waals surface area (Å²) >= 11 is 0. The van der Waals surface area contributed by atoms with Crippen LogP contribution in [0, 0.1) is 0 Å². The average molecular weight is 299 g/mol. The molecule has 112 valence electrons. The summed E-state index contributed by atoms with van der Waals surface area (Å²) in [6.07, 6.45) is 7.25. The highest BCUT2D eigenvalue weighted by atomic mass is 32.2. The van der Waals surface area contributed by atoms with Gasteiger partial charge in [-0.2, -0.15) is 5.10 Å². The van der Waals surface area contributed by atoms with Gasteiger partial charge >= 0.3 is 0 Å². The van der Waals surface area contributed by atoms with Crippen LogP contribution in [0.4, 0.5) is 0 Å². The number of sulfonamides is 1. The maximum Gasteiger partial charge on any atom is 0.256 e. The van der Waals surface area contributed by atoms with Gasteiger partial charge in [0.2, 0.25) is 0 Å². The molecule has 1 aromatic heterocycles. The van der Waals surface area contributed by atoms with E-state index in [0.717, 1.165) is 38.8 Å². The van der Waals surface area contributed by atoms with E-state index in [-0.39, 0.29) is 10.9 Å². The molecular weight excluding hydrogens is 278 g/mol. The molecule has 1 unspecified atom stereocenters. The van der Waals surface area contributed by atoms with Gasteiger partial charge < -0.3 is 4.90 Å². The van der Waals surface area contributed by atoms with Crippen molar-refractivity contribution < 1.29 is 8.42 Å². The number of aromatic nitrogens is 2. The maximum atomic E-state index is 12.2. The molecule has 20 heavy (non-hydrogen) atoms. The van der Waals surface area contributed by atoms with Crippen LogP contribution < -0.4 is 10.3 Å². The van der Waals surface area contributed by atoms with Crippen molar-refractivity contribution in [3.05, 3.63) is 12.4 Å². The molecule has 2 N–H and O–H groups in total. The molecule has 2 aliphatic rings. The van der Waals surface area contributed by atoms with Crippen LogP contribution in [0.25, 0.3) is 0 Å². The molecule has 7 nitrogen and oxygen atoms in total. The van der Waals surface area contributed by atoms with Crippen LogP contribution in [-0.2, 0) is 10.0 Å². The highest BCUT2D eigenvalue weighted by Gasteiger charge is 2.27. The Labute approximate surface area is 119 Å². The van der Waals surface area contributed by atoms with E-state index in [2.05, 4.69) is 20.3 Å². The number of piperidine rings is 1. The normalized spacial score (nSPS) is 24.9. The Hall–Kier alpha value is -0.960. The molecule has 0 bridgehead atoms. The van der Waals surface area contributed by atoms with E-state index in [1.165, 1.54) is 6.20 Å². The van der Waals surface area contributed by atoms with Gasteiger partial charge in [0, 0.05) is 18.8 Å². The average Bonchev–Trinajstić information content (AvgIpc) is 3.14. The van der Waals surface area contributed by atoms with E-state index >= 15 is 0 Å². The van der Waals surface area contributed by atoms with Gasteiger partial charge in [0.15, 0.2) is 0 Å². The second-order valence-electron chi connectivity index (χ2n) is 5.74. The molecule has 1 saturated heterocycles. The molecule has 0 spiro atoms. The van der Waals surface area contributed by atoms with Crippen molar-refractivity contribution in [2.45, 2.75) is 42.7 Å². The minimum absolute atomic E-state index is 0.155. The molecule has 1 aliphatic carbocycles. The lowest BCUT2D eigenvalue weighted by Crippen LogP contribution is -2.51. The summed E-state index contributed by atoms with van der Waals surface area (Å²) in [6, 6.07) is 0.543. The Balaban J connectivity index is 1.59. The number of likely N-dealkylation sites (tertiary alicyclic amines) is 1. The Bertz CT molecular complexity index is 566. The van der Waals surface area contributed by atoms with Crippen LogP contribution in [0.1, 0.15) is 31.7 Å². The van der Waals surface area contributed by atoms with Crippen LogP contribution in [-0.4, -0.2) is 49.3 Å². The fourth-order valence-corrected chi connectivity index (χ4v) is 3.37. The van der Waals surface area contributed by atoms with Crippen molar-refractivity contribution in [2.75, 3.05) is 20.1 Å². The van der Waals surface area contributed by atoms with E-state index in [0.29, 0.717) is 6.04 Å². The first-order valence-corrected chi connectivity index (χ1v) is 8.53. The zero-order valence-electron chi connectivity index (χ0n) is 11.6. The van der Waals surface area contributed by atoms with Crippen molar-refractivity contribution in [2.24, 2.45) is 0 Å². The van der Waals surface area contributed by atoms with Crippen LogP contribution in [0.2, 0.25) is 0 Å². The zero-order valence-corrected chi connectivity index (χ0v) is 12.4. The summed E-state index contributed by atoms with van der Waals surface area (Å²) in [6.45, 7) is 1.92. The van der Waals surface area contributed by atoms with Gasteiger partial charge in [-0.05, 0) is 39.3 Å². The Morgan fingerprint density at radius 3 is 2.85 bits per heavy atom. The smallest absolute Gasteiger partial charge is 0.256 e. The number of nitrogens with zero attached hydrogens (tertiary/aromatic N) is 3. The summed E-state index contributed by atoms with van der Waals surface area (Å²) in [5, 5.41) is 4.11. The lowest BCUT2D eigenvalue weighted by molar-refractivity contribution is 0.223. The number of hydrogen-bond acceptors (Lipinski definition) is 5. The maximum absolute atomic E-state index is 12.2. The van der Waals surface area contributed by atoms with Crippen LogP contribution in [0.15, 0.2) is 17.3 Å². The van der Waals surface area contributed by atoms with Crippen molar-refractivity contribution >= 4 is 10.0 Å². The van der Waals surface area contributed by atoms with Crippen molar-refractivity contribution in [1.82, 2.24) is 24.9 Å². The largest absolute Gasteiger partial charge is 0.305 e. The van der Waals surface area contributed by atoms with Gasteiger partial charge in [0.1, 0.15) is 4.90 Å². The van der Waals surface area contributed by atoms with Crippen LogP contribution >= 0.6 is 0 Å². The topological polar surface area (TPSA) is 79.3 Å². The minimum Gasteiger partial charge on any atom is -0.305 e.